The van der Waals surface area contributed by atoms with Gasteiger partial charge in [-0.05, 0) is 40.5 Å². The van der Waals surface area contributed by atoms with E-state index in [0.29, 0.717) is 16.6 Å². The third kappa shape index (κ3) is 4.79. The molecule has 0 saturated heterocycles. The van der Waals surface area contributed by atoms with Gasteiger partial charge in [-0.15, -0.1) is 0 Å². The summed E-state index contributed by atoms with van der Waals surface area (Å²) in [6.45, 7) is 4.16. The van der Waals surface area contributed by atoms with Gasteiger partial charge in [0.25, 0.3) is 0 Å². The number of hydrogen-bond donors (Lipinski definition) is 1. The Balaban J connectivity index is 2.93. The van der Waals surface area contributed by atoms with Gasteiger partial charge >= 0.3 is 0 Å². The van der Waals surface area contributed by atoms with Crippen LogP contribution in [0.4, 0.5) is 5.69 Å². The first-order valence-corrected chi connectivity index (χ1v) is 8.90. The molecule has 0 aliphatic heterocycles. The van der Waals surface area contributed by atoms with Crippen LogP contribution in [0.3, 0.4) is 0 Å². The molecule has 0 bridgehead atoms. The van der Waals surface area contributed by atoms with Crippen LogP contribution in [0.15, 0.2) is 22.7 Å². The molecule has 0 unspecified atom stereocenters. The van der Waals surface area contributed by atoms with E-state index in [-0.39, 0.29) is 19.0 Å². The lowest BCUT2D eigenvalue weighted by atomic mass is 10.2. The predicted molar refractivity (Wildman–Crippen MR) is 84.4 cm³/mol. The topological polar surface area (TPSA) is 66.5 Å². The zero-order valence-corrected chi connectivity index (χ0v) is 14.2. The lowest BCUT2D eigenvalue weighted by Crippen LogP contribution is -2.38. The van der Waals surface area contributed by atoms with E-state index < -0.39 is 10.0 Å². The fraction of sp³-hybridized carbons (Fsp3) is 0.462. The first-order valence-electron chi connectivity index (χ1n) is 6.26. The van der Waals surface area contributed by atoms with E-state index >= 15 is 0 Å². The van der Waals surface area contributed by atoms with Gasteiger partial charge in [0, 0.05) is 17.4 Å². The third-order valence-corrected chi connectivity index (χ3v) is 4.55. The molecule has 0 spiro atoms. The van der Waals surface area contributed by atoms with Gasteiger partial charge in [-0.2, -0.15) is 0 Å². The molecule has 112 valence electrons. The van der Waals surface area contributed by atoms with Crippen molar-refractivity contribution in [3.63, 3.8) is 0 Å². The van der Waals surface area contributed by atoms with Crippen LogP contribution in [0.5, 0.6) is 0 Å². The van der Waals surface area contributed by atoms with Gasteiger partial charge in [0.15, 0.2) is 0 Å². The van der Waals surface area contributed by atoms with Crippen molar-refractivity contribution < 1.29 is 13.2 Å². The van der Waals surface area contributed by atoms with Crippen molar-refractivity contribution in [2.75, 3.05) is 23.7 Å². The number of carbonyl (C=O) groups is 1. The van der Waals surface area contributed by atoms with E-state index in [4.69, 9.17) is 0 Å². The number of amides is 1. The van der Waals surface area contributed by atoms with Crippen molar-refractivity contribution >= 4 is 37.5 Å². The first kappa shape index (κ1) is 17.0. The molecule has 1 rings (SSSR count). The number of carbonyl (C=O) groups excluding carboxylic acids is 1. The minimum absolute atomic E-state index is 0.0959. The fourth-order valence-electron chi connectivity index (χ4n) is 1.70. The highest BCUT2D eigenvalue weighted by molar-refractivity contribution is 9.10. The summed E-state index contributed by atoms with van der Waals surface area (Å²) in [6.07, 6.45) is 1.54. The summed E-state index contributed by atoms with van der Waals surface area (Å²) in [4.78, 5) is 11.2. The highest BCUT2D eigenvalue weighted by Crippen LogP contribution is 2.28. The van der Waals surface area contributed by atoms with Gasteiger partial charge in [0.05, 0.1) is 18.5 Å². The van der Waals surface area contributed by atoms with Crippen LogP contribution in [0.25, 0.3) is 0 Å². The highest BCUT2D eigenvalue weighted by Gasteiger charge is 2.19. The monoisotopic (exact) mass is 362 g/mol. The molecule has 0 atom stereocenters. The van der Waals surface area contributed by atoms with Crippen LogP contribution in [-0.2, 0) is 14.8 Å². The maximum absolute atomic E-state index is 11.9. The molecular weight excluding hydrogens is 344 g/mol. The van der Waals surface area contributed by atoms with E-state index in [1.54, 1.807) is 13.0 Å². The maximum Gasteiger partial charge on any atom is 0.232 e. The molecule has 0 radical (unpaired) electrons. The summed E-state index contributed by atoms with van der Waals surface area (Å²) in [7, 11) is -3.41. The zero-order chi connectivity index (χ0) is 15.3. The van der Waals surface area contributed by atoms with Crippen molar-refractivity contribution in [1.82, 2.24) is 5.32 Å². The van der Waals surface area contributed by atoms with Gasteiger partial charge in [-0.25, -0.2) is 8.42 Å². The molecule has 20 heavy (non-hydrogen) atoms. The summed E-state index contributed by atoms with van der Waals surface area (Å²) in [5.41, 5.74) is 1.61. The number of halogens is 1. The Morgan fingerprint density at radius 1 is 1.40 bits per heavy atom. The Labute approximate surface area is 128 Å². The van der Waals surface area contributed by atoms with E-state index in [0.717, 1.165) is 11.8 Å². The van der Waals surface area contributed by atoms with E-state index in [1.165, 1.54) is 4.31 Å². The predicted octanol–water partition coefficient (Wildman–Crippen LogP) is 2.05. The lowest BCUT2D eigenvalue weighted by Gasteiger charge is -2.24. The summed E-state index contributed by atoms with van der Waals surface area (Å²) < 4.78 is 25.8. The second-order valence-electron chi connectivity index (χ2n) is 4.49. The van der Waals surface area contributed by atoms with E-state index in [1.807, 2.05) is 19.1 Å². The third-order valence-electron chi connectivity index (χ3n) is 2.73. The van der Waals surface area contributed by atoms with Gasteiger partial charge in [-0.3, -0.25) is 9.10 Å². The van der Waals surface area contributed by atoms with Crippen LogP contribution in [0.2, 0.25) is 0 Å². The van der Waals surface area contributed by atoms with Crippen LogP contribution in [0.1, 0.15) is 18.9 Å². The maximum atomic E-state index is 11.9. The Bertz CT molecular complexity index is 587. The summed E-state index contributed by atoms with van der Waals surface area (Å²) in [6, 6.07) is 5.46. The molecule has 0 aromatic heterocycles. The average Bonchev–Trinajstić information content (AvgIpc) is 2.34. The number of rotatable bonds is 6. The van der Waals surface area contributed by atoms with Crippen molar-refractivity contribution in [2.24, 2.45) is 0 Å². The van der Waals surface area contributed by atoms with Crippen LogP contribution >= 0.6 is 15.9 Å². The number of hydrogen-bond acceptors (Lipinski definition) is 3. The molecule has 0 heterocycles. The minimum atomic E-state index is -3.41. The molecule has 0 fully saturated rings. The average molecular weight is 363 g/mol. The molecule has 1 aromatic rings. The molecule has 0 aliphatic carbocycles. The molecule has 0 saturated carbocycles. The molecule has 1 N–H and O–H groups in total. The standard InChI is InChI=1S/C13H19BrN2O3S/c1-4-13(17)15-7-8-16(20(3,18)19)12-6-5-10(2)9-11(12)14/h5-6,9H,4,7-8H2,1-3H3,(H,15,17). The van der Waals surface area contributed by atoms with Crippen molar-refractivity contribution in [3.05, 3.63) is 28.2 Å². The summed E-state index contributed by atoms with van der Waals surface area (Å²) >= 11 is 3.38. The first-order chi connectivity index (χ1) is 9.25. The number of nitrogens with zero attached hydrogens (tertiary/aromatic N) is 1. The number of anilines is 1. The smallest absolute Gasteiger partial charge is 0.232 e. The lowest BCUT2D eigenvalue weighted by molar-refractivity contribution is -0.120. The Hall–Kier alpha value is -1.08. The molecule has 1 amide bonds. The van der Waals surface area contributed by atoms with E-state index in [2.05, 4.69) is 21.2 Å². The van der Waals surface area contributed by atoms with Crippen molar-refractivity contribution in [1.29, 1.82) is 0 Å². The van der Waals surface area contributed by atoms with Crippen LogP contribution in [-0.4, -0.2) is 33.7 Å². The van der Waals surface area contributed by atoms with Crippen molar-refractivity contribution in [3.8, 4) is 0 Å². The molecule has 1 aromatic carbocycles. The summed E-state index contributed by atoms with van der Waals surface area (Å²) in [5, 5.41) is 2.68. The number of aryl methyl sites for hydroxylation is 1. The van der Waals surface area contributed by atoms with Gasteiger partial charge < -0.3 is 5.32 Å². The molecule has 5 nitrogen and oxygen atoms in total. The summed E-state index contributed by atoms with van der Waals surface area (Å²) in [5.74, 6) is -0.0959. The zero-order valence-electron chi connectivity index (χ0n) is 11.8. The molecule has 7 heteroatoms. The second kappa shape index (κ2) is 7.08. The minimum Gasteiger partial charge on any atom is -0.354 e. The quantitative estimate of drug-likeness (QED) is 0.841. The number of nitrogens with one attached hydrogen (secondary N) is 1. The van der Waals surface area contributed by atoms with Gasteiger partial charge in [-0.1, -0.05) is 13.0 Å². The number of sulfonamides is 1. The van der Waals surface area contributed by atoms with Crippen LogP contribution in [0, 0.1) is 6.92 Å². The fourth-order valence-corrected chi connectivity index (χ4v) is 3.47. The Morgan fingerprint density at radius 2 is 2.05 bits per heavy atom. The largest absolute Gasteiger partial charge is 0.354 e. The van der Waals surface area contributed by atoms with Crippen LogP contribution < -0.4 is 9.62 Å². The number of benzene rings is 1. The Kier molecular flexibility index (Phi) is 6.01. The van der Waals surface area contributed by atoms with Gasteiger partial charge in [0.2, 0.25) is 15.9 Å². The van der Waals surface area contributed by atoms with Gasteiger partial charge in [0.1, 0.15) is 0 Å². The second-order valence-corrected chi connectivity index (χ2v) is 7.25. The Morgan fingerprint density at radius 3 is 2.55 bits per heavy atom. The molecular formula is C13H19BrN2O3S. The SMILES string of the molecule is CCC(=O)NCCN(c1ccc(C)cc1Br)S(C)(=O)=O. The normalized spacial score (nSPS) is 11.2. The molecule has 0 aliphatic rings. The van der Waals surface area contributed by atoms with Crippen molar-refractivity contribution in [2.45, 2.75) is 20.3 Å². The highest BCUT2D eigenvalue weighted by atomic mass is 79.9. The van der Waals surface area contributed by atoms with E-state index in [9.17, 15) is 13.2 Å².